The molecule has 7 heteroatoms. The molecule has 0 spiro atoms. The lowest BCUT2D eigenvalue weighted by Crippen LogP contribution is -2.42. The molecule has 1 aliphatic heterocycles. The summed E-state index contributed by atoms with van der Waals surface area (Å²) in [7, 11) is 0. The molecule has 6 nitrogen and oxygen atoms in total. The van der Waals surface area contributed by atoms with Crippen molar-refractivity contribution in [2.75, 3.05) is 6.79 Å². The van der Waals surface area contributed by atoms with Crippen molar-refractivity contribution in [3.8, 4) is 11.5 Å². The van der Waals surface area contributed by atoms with Gasteiger partial charge in [0, 0.05) is 13.1 Å². The van der Waals surface area contributed by atoms with Crippen LogP contribution in [0.2, 0.25) is 0 Å². The highest BCUT2D eigenvalue weighted by Crippen LogP contribution is 2.46. The predicted octanol–water partition coefficient (Wildman–Crippen LogP) is 2.27. The average molecular weight is 370 g/mol. The average Bonchev–Trinajstić information content (AvgIpc) is 3.37. The lowest BCUT2D eigenvalue weighted by atomic mass is 10.0. The van der Waals surface area contributed by atoms with Crippen LogP contribution in [0, 0.1) is 11.2 Å². The van der Waals surface area contributed by atoms with E-state index in [0.29, 0.717) is 30.9 Å². The molecule has 2 amide bonds. The fraction of sp³-hybridized carbons (Fsp3) is 0.300. The van der Waals surface area contributed by atoms with E-state index in [2.05, 4.69) is 10.6 Å². The summed E-state index contributed by atoms with van der Waals surface area (Å²) in [5, 5.41) is 5.61. The first kappa shape index (κ1) is 17.3. The Labute approximate surface area is 155 Å². The first-order chi connectivity index (χ1) is 13.1. The van der Waals surface area contributed by atoms with Crippen molar-refractivity contribution in [1.82, 2.24) is 10.6 Å². The van der Waals surface area contributed by atoms with Crippen molar-refractivity contribution in [3.63, 3.8) is 0 Å². The van der Waals surface area contributed by atoms with Gasteiger partial charge in [0.15, 0.2) is 11.5 Å². The molecule has 1 heterocycles. The molecule has 2 aliphatic rings. The van der Waals surface area contributed by atoms with Gasteiger partial charge < -0.3 is 20.1 Å². The standard InChI is InChI=1S/C20H19FN2O4/c21-15-4-1-13(2-5-15)10-22-18(24)20(7-8-20)19(25)23-11-14-3-6-16-17(9-14)27-12-26-16/h1-6,9H,7-8,10-12H2,(H,22,24)(H,23,25). The fourth-order valence-corrected chi connectivity index (χ4v) is 3.04. The van der Waals surface area contributed by atoms with E-state index < -0.39 is 5.41 Å². The number of hydrogen-bond donors (Lipinski definition) is 2. The molecule has 0 radical (unpaired) electrons. The van der Waals surface area contributed by atoms with Gasteiger partial charge in [0.05, 0.1) is 0 Å². The first-order valence-electron chi connectivity index (χ1n) is 8.76. The summed E-state index contributed by atoms with van der Waals surface area (Å²) in [6, 6.07) is 11.4. The minimum Gasteiger partial charge on any atom is -0.454 e. The van der Waals surface area contributed by atoms with E-state index in [4.69, 9.17) is 9.47 Å². The highest BCUT2D eigenvalue weighted by Gasteiger charge is 2.56. The van der Waals surface area contributed by atoms with Crippen molar-refractivity contribution >= 4 is 11.8 Å². The maximum atomic E-state index is 12.9. The number of ether oxygens (including phenoxy) is 2. The van der Waals surface area contributed by atoms with Crippen LogP contribution in [-0.4, -0.2) is 18.6 Å². The van der Waals surface area contributed by atoms with Gasteiger partial charge in [-0.15, -0.1) is 0 Å². The molecule has 2 N–H and O–H groups in total. The molecule has 0 unspecified atom stereocenters. The Morgan fingerprint density at radius 2 is 1.48 bits per heavy atom. The molecule has 0 atom stereocenters. The van der Waals surface area contributed by atoms with E-state index in [9.17, 15) is 14.0 Å². The zero-order valence-corrected chi connectivity index (χ0v) is 14.6. The number of carbonyl (C=O) groups excluding carboxylic acids is 2. The van der Waals surface area contributed by atoms with E-state index in [0.717, 1.165) is 11.1 Å². The van der Waals surface area contributed by atoms with Crippen molar-refractivity contribution < 1.29 is 23.5 Å². The minimum atomic E-state index is -1.00. The van der Waals surface area contributed by atoms with Crippen LogP contribution in [0.15, 0.2) is 42.5 Å². The number of hydrogen-bond acceptors (Lipinski definition) is 4. The number of benzene rings is 2. The zero-order valence-electron chi connectivity index (χ0n) is 14.6. The summed E-state index contributed by atoms with van der Waals surface area (Å²) in [4.78, 5) is 25.0. The molecule has 2 aromatic rings. The topological polar surface area (TPSA) is 76.7 Å². The number of amides is 2. The third kappa shape index (κ3) is 3.58. The smallest absolute Gasteiger partial charge is 0.235 e. The van der Waals surface area contributed by atoms with Crippen LogP contribution in [0.3, 0.4) is 0 Å². The summed E-state index contributed by atoms with van der Waals surface area (Å²) in [6.45, 7) is 0.765. The third-order valence-electron chi connectivity index (χ3n) is 4.88. The Balaban J connectivity index is 1.32. The van der Waals surface area contributed by atoms with Crippen molar-refractivity contribution in [2.45, 2.75) is 25.9 Å². The number of halogens is 1. The van der Waals surface area contributed by atoms with Gasteiger partial charge in [-0.3, -0.25) is 9.59 Å². The molecule has 2 aromatic carbocycles. The fourth-order valence-electron chi connectivity index (χ4n) is 3.04. The van der Waals surface area contributed by atoms with Gasteiger partial charge in [-0.05, 0) is 48.2 Å². The second kappa shape index (κ2) is 6.90. The molecule has 27 heavy (non-hydrogen) atoms. The van der Waals surface area contributed by atoms with Gasteiger partial charge in [-0.25, -0.2) is 4.39 Å². The first-order valence-corrected chi connectivity index (χ1v) is 8.76. The number of nitrogens with one attached hydrogen (secondary N) is 2. The van der Waals surface area contributed by atoms with E-state index >= 15 is 0 Å². The van der Waals surface area contributed by atoms with E-state index in [1.807, 2.05) is 12.1 Å². The third-order valence-corrected chi connectivity index (χ3v) is 4.88. The van der Waals surface area contributed by atoms with Crippen LogP contribution >= 0.6 is 0 Å². The number of carbonyl (C=O) groups is 2. The van der Waals surface area contributed by atoms with Crippen LogP contribution in [0.25, 0.3) is 0 Å². The molecule has 0 aromatic heterocycles. The molecular weight excluding hydrogens is 351 g/mol. The lowest BCUT2D eigenvalue weighted by Gasteiger charge is -2.15. The summed E-state index contributed by atoms with van der Waals surface area (Å²) >= 11 is 0. The maximum absolute atomic E-state index is 12.9. The van der Waals surface area contributed by atoms with Crippen LogP contribution in [0.1, 0.15) is 24.0 Å². The molecule has 0 saturated heterocycles. The monoisotopic (exact) mass is 370 g/mol. The molecule has 0 bridgehead atoms. The van der Waals surface area contributed by atoms with Crippen LogP contribution < -0.4 is 20.1 Å². The summed E-state index contributed by atoms with van der Waals surface area (Å²) in [5.41, 5.74) is 0.646. The van der Waals surface area contributed by atoms with E-state index in [1.54, 1.807) is 18.2 Å². The largest absolute Gasteiger partial charge is 0.454 e. The Kier molecular flexibility index (Phi) is 4.43. The molecule has 1 aliphatic carbocycles. The Morgan fingerprint density at radius 3 is 2.15 bits per heavy atom. The number of fused-ring (bicyclic) bond motifs is 1. The molecular formula is C20H19FN2O4. The van der Waals surface area contributed by atoms with Crippen LogP contribution in [0.5, 0.6) is 11.5 Å². The summed E-state index contributed by atoms with van der Waals surface area (Å²) < 4.78 is 23.5. The Morgan fingerprint density at radius 1 is 0.889 bits per heavy atom. The second-order valence-corrected chi connectivity index (χ2v) is 6.76. The zero-order chi connectivity index (χ0) is 18.9. The van der Waals surface area contributed by atoms with Gasteiger partial charge in [0.2, 0.25) is 18.6 Å². The highest BCUT2D eigenvalue weighted by molar-refractivity contribution is 6.07. The second-order valence-electron chi connectivity index (χ2n) is 6.76. The SMILES string of the molecule is O=C(NCc1ccc(F)cc1)C1(C(=O)NCc2ccc3c(c2)OCO3)CC1. The van der Waals surface area contributed by atoms with Gasteiger partial charge in [-0.1, -0.05) is 18.2 Å². The normalized spacial score (nSPS) is 15.9. The lowest BCUT2D eigenvalue weighted by molar-refractivity contribution is -0.137. The van der Waals surface area contributed by atoms with Crippen molar-refractivity contribution in [2.24, 2.45) is 5.41 Å². The van der Waals surface area contributed by atoms with E-state index in [-0.39, 0.29) is 31.0 Å². The number of rotatable bonds is 6. The van der Waals surface area contributed by atoms with Gasteiger partial charge in [0.1, 0.15) is 11.2 Å². The predicted molar refractivity (Wildman–Crippen MR) is 94.3 cm³/mol. The molecule has 1 saturated carbocycles. The highest BCUT2D eigenvalue weighted by atomic mass is 19.1. The van der Waals surface area contributed by atoms with Gasteiger partial charge >= 0.3 is 0 Å². The Hall–Kier alpha value is -3.09. The van der Waals surface area contributed by atoms with Gasteiger partial charge in [0.25, 0.3) is 0 Å². The molecule has 1 fully saturated rings. The molecule has 140 valence electrons. The van der Waals surface area contributed by atoms with Crippen molar-refractivity contribution in [3.05, 3.63) is 59.4 Å². The minimum absolute atomic E-state index is 0.197. The van der Waals surface area contributed by atoms with Gasteiger partial charge in [-0.2, -0.15) is 0 Å². The van der Waals surface area contributed by atoms with Crippen molar-refractivity contribution in [1.29, 1.82) is 0 Å². The quantitative estimate of drug-likeness (QED) is 0.765. The van der Waals surface area contributed by atoms with E-state index in [1.165, 1.54) is 12.1 Å². The Bertz CT molecular complexity index is 878. The van der Waals surface area contributed by atoms with Crippen LogP contribution in [-0.2, 0) is 22.7 Å². The van der Waals surface area contributed by atoms with Crippen LogP contribution in [0.4, 0.5) is 4.39 Å². The summed E-state index contributed by atoms with van der Waals surface area (Å²) in [5.74, 6) is 0.433. The summed E-state index contributed by atoms with van der Waals surface area (Å²) in [6.07, 6.45) is 1.05. The molecule has 4 rings (SSSR count). The maximum Gasteiger partial charge on any atom is 0.235 e.